The average molecular weight is 286 g/mol. The lowest BCUT2D eigenvalue weighted by Gasteiger charge is -2.29. The van der Waals surface area contributed by atoms with Gasteiger partial charge in [-0.1, -0.05) is 6.42 Å². The topological polar surface area (TPSA) is 15.3 Å². The summed E-state index contributed by atoms with van der Waals surface area (Å²) in [5, 5.41) is 3.22. The molecule has 1 aromatic rings. The van der Waals surface area contributed by atoms with Gasteiger partial charge in [-0.3, -0.25) is 0 Å². The molecule has 2 rings (SSSR count). The van der Waals surface area contributed by atoms with Gasteiger partial charge in [0.05, 0.1) is 0 Å². The van der Waals surface area contributed by atoms with Crippen LogP contribution in [-0.2, 0) is 6.54 Å². The van der Waals surface area contributed by atoms with Crippen LogP contribution in [0.3, 0.4) is 0 Å². The quantitative estimate of drug-likeness (QED) is 0.837. The summed E-state index contributed by atoms with van der Waals surface area (Å²) in [5.41, 5.74) is 0.423. The minimum absolute atomic E-state index is 0.226. The summed E-state index contributed by atoms with van der Waals surface area (Å²) in [6.45, 7) is 5.54. The minimum Gasteiger partial charge on any atom is -0.309 e. The molecular formula is C15H21F3N2. The Hall–Kier alpha value is -1.07. The van der Waals surface area contributed by atoms with Gasteiger partial charge in [0.25, 0.3) is 0 Å². The molecule has 0 bridgehead atoms. The Kier molecular flexibility index (Phi) is 5.43. The third-order valence-corrected chi connectivity index (χ3v) is 3.68. The third-order valence-electron chi connectivity index (χ3n) is 3.68. The second-order valence-electron chi connectivity index (χ2n) is 5.52. The van der Waals surface area contributed by atoms with Crippen LogP contribution in [0.15, 0.2) is 12.1 Å². The Bertz CT molecular complexity index is 422. The van der Waals surface area contributed by atoms with E-state index in [9.17, 15) is 13.2 Å². The molecule has 0 spiro atoms. The van der Waals surface area contributed by atoms with Crippen LogP contribution in [0.25, 0.3) is 0 Å². The van der Waals surface area contributed by atoms with Crippen molar-refractivity contribution in [2.75, 3.05) is 19.6 Å². The van der Waals surface area contributed by atoms with Crippen molar-refractivity contribution in [2.24, 2.45) is 0 Å². The molecule has 1 unspecified atom stereocenters. The highest BCUT2D eigenvalue weighted by Gasteiger charge is 2.14. The van der Waals surface area contributed by atoms with Gasteiger partial charge in [0.2, 0.25) is 0 Å². The normalized spacial score (nSPS) is 18.2. The van der Waals surface area contributed by atoms with Crippen LogP contribution in [0.4, 0.5) is 13.2 Å². The molecule has 1 atom stereocenters. The van der Waals surface area contributed by atoms with Crippen LogP contribution < -0.4 is 5.32 Å². The molecule has 20 heavy (non-hydrogen) atoms. The lowest BCUT2D eigenvalue weighted by Crippen LogP contribution is -2.41. The fourth-order valence-corrected chi connectivity index (χ4v) is 2.60. The van der Waals surface area contributed by atoms with Crippen LogP contribution in [0.5, 0.6) is 0 Å². The lowest BCUT2D eigenvalue weighted by atomic mass is 10.1. The van der Waals surface area contributed by atoms with Gasteiger partial charge >= 0.3 is 0 Å². The van der Waals surface area contributed by atoms with E-state index < -0.39 is 17.5 Å². The van der Waals surface area contributed by atoms with E-state index in [0.717, 1.165) is 31.8 Å². The Morgan fingerprint density at radius 1 is 1.10 bits per heavy atom. The zero-order valence-corrected chi connectivity index (χ0v) is 11.8. The van der Waals surface area contributed by atoms with Crippen LogP contribution in [0.2, 0.25) is 0 Å². The number of nitrogens with zero attached hydrogens (tertiary/aromatic N) is 1. The molecule has 0 aliphatic carbocycles. The van der Waals surface area contributed by atoms with Crippen LogP contribution >= 0.6 is 0 Å². The fraction of sp³-hybridized carbons (Fsp3) is 0.600. The van der Waals surface area contributed by atoms with E-state index in [2.05, 4.69) is 10.2 Å². The first-order valence-corrected chi connectivity index (χ1v) is 7.15. The Morgan fingerprint density at radius 3 is 2.30 bits per heavy atom. The SMILES string of the molecule is CC(CN1CCCCC1)NCc1cc(F)c(F)c(F)c1. The molecule has 112 valence electrons. The van der Waals surface area contributed by atoms with Gasteiger partial charge in [-0.15, -0.1) is 0 Å². The van der Waals surface area contributed by atoms with Crippen molar-refractivity contribution in [3.05, 3.63) is 35.1 Å². The van der Waals surface area contributed by atoms with Crippen molar-refractivity contribution >= 4 is 0 Å². The van der Waals surface area contributed by atoms with E-state index in [1.165, 1.54) is 19.3 Å². The maximum atomic E-state index is 13.1. The smallest absolute Gasteiger partial charge is 0.194 e. The van der Waals surface area contributed by atoms with E-state index in [-0.39, 0.29) is 6.04 Å². The average Bonchev–Trinajstić information content (AvgIpc) is 2.43. The first-order valence-electron chi connectivity index (χ1n) is 7.15. The summed E-state index contributed by atoms with van der Waals surface area (Å²) in [4.78, 5) is 2.40. The van der Waals surface area contributed by atoms with Gasteiger partial charge in [0.15, 0.2) is 17.5 Å². The Labute approximate surface area is 118 Å². The molecule has 1 fully saturated rings. The molecule has 0 amide bonds. The summed E-state index contributed by atoms with van der Waals surface area (Å²) >= 11 is 0. The van der Waals surface area contributed by atoms with Crippen LogP contribution in [0, 0.1) is 17.5 Å². The molecule has 5 heteroatoms. The van der Waals surface area contributed by atoms with Crippen molar-refractivity contribution in [2.45, 2.75) is 38.8 Å². The molecular weight excluding hydrogens is 265 g/mol. The summed E-state index contributed by atoms with van der Waals surface area (Å²) in [5.74, 6) is -3.67. The molecule has 1 saturated heterocycles. The molecule has 1 N–H and O–H groups in total. The number of benzene rings is 1. The van der Waals surface area contributed by atoms with Crippen molar-refractivity contribution < 1.29 is 13.2 Å². The van der Waals surface area contributed by atoms with Crippen molar-refractivity contribution in [3.63, 3.8) is 0 Å². The molecule has 0 aromatic heterocycles. The zero-order chi connectivity index (χ0) is 14.5. The van der Waals surface area contributed by atoms with E-state index in [1.54, 1.807) is 0 Å². The number of halogens is 3. The lowest BCUT2D eigenvalue weighted by molar-refractivity contribution is 0.209. The predicted molar refractivity (Wildman–Crippen MR) is 72.9 cm³/mol. The van der Waals surface area contributed by atoms with Gasteiger partial charge in [-0.25, -0.2) is 13.2 Å². The van der Waals surface area contributed by atoms with Gasteiger partial charge in [-0.05, 0) is 50.6 Å². The number of piperidine rings is 1. The largest absolute Gasteiger partial charge is 0.309 e. The number of hydrogen-bond acceptors (Lipinski definition) is 2. The molecule has 1 aliphatic heterocycles. The molecule has 1 aliphatic rings. The molecule has 1 aromatic carbocycles. The highest BCUT2D eigenvalue weighted by molar-refractivity contribution is 5.19. The first-order chi connectivity index (χ1) is 9.56. The summed E-state index contributed by atoms with van der Waals surface area (Å²) in [6.07, 6.45) is 3.77. The highest BCUT2D eigenvalue weighted by Crippen LogP contribution is 2.14. The maximum Gasteiger partial charge on any atom is 0.194 e. The number of likely N-dealkylation sites (tertiary alicyclic amines) is 1. The second kappa shape index (κ2) is 7.09. The van der Waals surface area contributed by atoms with Gasteiger partial charge in [-0.2, -0.15) is 0 Å². The molecule has 2 nitrogen and oxygen atoms in total. The minimum atomic E-state index is -1.41. The molecule has 0 radical (unpaired) electrons. The third kappa shape index (κ3) is 4.21. The zero-order valence-electron chi connectivity index (χ0n) is 11.8. The molecule has 0 saturated carbocycles. The molecule has 1 heterocycles. The maximum absolute atomic E-state index is 13.1. The second-order valence-corrected chi connectivity index (χ2v) is 5.52. The Morgan fingerprint density at radius 2 is 1.70 bits per heavy atom. The standard InChI is InChI=1S/C15H21F3N2/c1-11(10-20-5-3-2-4-6-20)19-9-12-7-13(16)15(18)14(17)8-12/h7-8,11,19H,2-6,9-10H2,1H3. The van der Waals surface area contributed by atoms with Crippen LogP contribution in [0.1, 0.15) is 31.7 Å². The summed E-state index contributed by atoms with van der Waals surface area (Å²) in [6, 6.07) is 2.31. The van der Waals surface area contributed by atoms with Crippen LogP contribution in [-0.4, -0.2) is 30.6 Å². The van der Waals surface area contributed by atoms with E-state index in [0.29, 0.717) is 12.1 Å². The number of hydrogen-bond donors (Lipinski definition) is 1. The number of nitrogens with one attached hydrogen (secondary N) is 1. The van der Waals surface area contributed by atoms with Gasteiger partial charge in [0.1, 0.15) is 0 Å². The van der Waals surface area contributed by atoms with Gasteiger partial charge in [0, 0.05) is 19.1 Å². The predicted octanol–water partition coefficient (Wildman–Crippen LogP) is 3.07. The van der Waals surface area contributed by atoms with E-state index >= 15 is 0 Å². The monoisotopic (exact) mass is 286 g/mol. The van der Waals surface area contributed by atoms with Crippen molar-refractivity contribution in [3.8, 4) is 0 Å². The first kappa shape index (κ1) is 15.3. The summed E-state index contributed by atoms with van der Waals surface area (Å²) in [7, 11) is 0. The van der Waals surface area contributed by atoms with Crippen molar-refractivity contribution in [1.82, 2.24) is 10.2 Å². The van der Waals surface area contributed by atoms with E-state index in [1.807, 2.05) is 6.92 Å². The van der Waals surface area contributed by atoms with Gasteiger partial charge < -0.3 is 10.2 Å². The Balaban J connectivity index is 1.82. The highest BCUT2D eigenvalue weighted by atomic mass is 19.2. The number of rotatable bonds is 5. The van der Waals surface area contributed by atoms with Crippen molar-refractivity contribution in [1.29, 1.82) is 0 Å². The summed E-state index contributed by atoms with van der Waals surface area (Å²) < 4.78 is 39.0. The van der Waals surface area contributed by atoms with E-state index in [4.69, 9.17) is 0 Å². The fourth-order valence-electron chi connectivity index (χ4n) is 2.60.